The highest BCUT2D eigenvalue weighted by Gasteiger charge is 2.04. The Morgan fingerprint density at radius 3 is 2.58 bits per heavy atom. The number of halogens is 1. The molecule has 5 heteroatoms. The van der Waals surface area contributed by atoms with E-state index in [4.69, 9.17) is 4.74 Å². The fourth-order valence-corrected chi connectivity index (χ4v) is 1.43. The number of ether oxygens (including phenoxy) is 1. The predicted molar refractivity (Wildman–Crippen MR) is 80.3 cm³/mol. The number of rotatable bonds is 8. The van der Waals surface area contributed by atoms with E-state index in [1.165, 1.54) is 0 Å². The molecule has 0 heterocycles. The lowest BCUT2D eigenvalue weighted by Crippen LogP contribution is -2.26. The van der Waals surface area contributed by atoms with Crippen molar-refractivity contribution >= 4 is 18.3 Å². The minimum atomic E-state index is -0.0543. The van der Waals surface area contributed by atoms with Crippen molar-refractivity contribution in [3.05, 3.63) is 42.5 Å². The Bertz CT molecular complexity index is 380. The number of carbonyl (C=O) groups is 1. The van der Waals surface area contributed by atoms with E-state index in [1.54, 1.807) is 30.3 Å². The van der Waals surface area contributed by atoms with Crippen molar-refractivity contribution < 1.29 is 9.53 Å². The second kappa shape index (κ2) is 10.4. The van der Waals surface area contributed by atoms with Crippen LogP contribution < -0.4 is 15.4 Å². The van der Waals surface area contributed by atoms with Gasteiger partial charge in [-0.3, -0.25) is 4.79 Å². The van der Waals surface area contributed by atoms with Gasteiger partial charge in [0, 0.05) is 12.1 Å². The van der Waals surface area contributed by atoms with Gasteiger partial charge >= 0.3 is 0 Å². The lowest BCUT2D eigenvalue weighted by Gasteiger charge is -2.06. The highest BCUT2D eigenvalue weighted by molar-refractivity contribution is 5.94. The number of hydrogen-bond donors (Lipinski definition) is 2. The molecule has 1 rings (SSSR count). The van der Waals surface area contributed by atoms with Crippen LogP contribution in [-0.4, -0.2) is 32.7 Å². The molecule has 1 aromatic rings. The lowest BCUT2D eigenvalue weighted by molar-refractivity contribution is 0.0953. The van der Waals surface area contributed by atoms with Gasteiger partial charge in [0.1, 0.15) is 12.4 Å². The maximum Gasteiger partial charge on any atom is 0.251 e. The molecule has 0 aliphatic rings. The average molecular weight is 285 g/mol. The maximum atomic E-state index is 11.7. The summed E-state index contributed by atoms with van der Waals surface area (Å²) in [5.74, 6) is 0.683. The average Bonchev–Trinajstić information content (AvgIpc) is 2.41. The molecule has 1 amide bonds. The molecule has 0 spiro atoms. The summed E-state index contributed by atoms with van der Waals surface area (Å²) in [5, 5.41) is 5.89. The predicted octanol–water partition coefficient (Wildman–Crippen LogP) is 2.01. The summed E-state index contributed by atoms with van der Waals surface area (Å²) in [6, 6.07) is 7.08. The lowest BCUT2D eigenvalue weighted by atomic mass is 10.2. The van der Waals surface area contributed by atoms with Crippen molar-refractivity contribution in [2.24, 2.45) is 0 Å². The minimum Gasteiger partial charge on any atom is -0.490 e. The number of benzene rings is 1. The summed E-state index contributed by atoms with van der Waals surface area (Å²) >= 11 is 0. The van der Waals surface area contributed by atoms with Crippen LogP contribution >= 0.6 is 12.4 Å². The third-order valence-corrected chi connectivity index (χ3v) is 2.37. The normalized spacial score (nSPS) is 9.32. The Labute approximate surface area is 120 Å². The standard InChI is InChI=1S/C14H20N2O2.ClH/c1-3-11-18-13-7-5-12(6-8-13)14(17)16-10-4-9-15-2;/h3,5-8,15H,1,4,9-11H2,2H3,(H,16,17);1H. The van der Waals surface area contributed by atoms with E-state index in [-0.39, 0.29) is 18.3 Å². The van der Waals surface area contributed by atoms with Crippen LogP contribution in [0.15, 0.2) is 36.9 Å². The summed E-state index contributed by atoms with van der Waals surface area (Å²) in [5.41, 5.74) is 0.644. The van der Waals surface area contributed by atoms with Crippen molar-refractivity contribution in [2.45, 2.75) is 6.42 Å². The molecule has 1 aromatic carbocycles. The first-order valence-corrected chi connectivity index (χ1v) is 6.04. The van der Waals surface area contributed by atoms with E-state index in [1.807, 2.05) is 7.05 Å². The Balaban J connectivity index is 0.00000324. The van der Waals surface area contributed by atoms with Crippen LogP contribution in [0.4, 0.5) is 0 Å². The smallest absolute Gasteiger partial charge is 0.251 e. The molecule has 4 nitrogen and oxygen atoms in total. The first-order chi connectivity index (χ1) is 8.77. The van der Waals surface area contributed by atoms with Gasteiger partial charge in [-0.2, -0.15) is 0 Å². The van der Waals surface area contributed by atoms with Gasteiger partial charge in [0.25, 0.3) is 5.91 Å². The number of hydrogen-bond acceptors (Lipinski definition) is 3. The zero-order valence-electron chi connectivity index (χ0n) is 11.1. The van der Waals surface area contributed by atoms with Gasteiger partial charge in [0.15, 0.2) is 0 Å². The summed E-state index contributed by atoms with van der Waals surface area (Å²) in [4.78, 5) is 11.7. The van der Waals surface area contributed by atoms with E-state index in [0.717, 1.165) is 18.7 Å². The Kier molecular flexibility index (Phi) is 9.57. The van der Waals surface area contributed by atoms with E-state index in [0.29, 0.717) is 18.7 Å². The molecule has 0 aliphatic carbocycles. The molecule has 0 aromatic heterocycles. The first kappa shape index (κ1) is 17.5. The van der Waals surface area contributed by atoms with E-state index in [2.05, 4.69) is 17.2 Å². The third-order valence-electron chi connectivity index (χ3n) is 2.37. The molecule has 0 fully saturated rings. The van der Waals surface area contributed by atoms with Gasteiger partial charge in [0.05, 0.1) is 0 Å². The van der Waals surface area contributed by atoms with Crippen molar-refractivity contribution in [3.8, 4) is 5.75 Å². The monoisotopic (exact) mass is 284 g/mol. The van der Waals surface area contributed by atoms with Crippen molar-refractivity contribution in [1.82, 2.24) is 10.6 Å². The summed E-state index contributed by atoms with van der Waals surface area (Å²) in [6.07, 6.45) is 2.60. The largest absolute Gasteiger partial charge is 0.490 e. The number of carbonyl (C=O) groups excluding carboxylic acids is 1. The van der Waals surface area contributed by atoms with Gasteiger partial charge < -0.3 is 15.4 Å². The molecule has 0 saturated heterocycles. The molecule has 0 unspecified atom stereocenters. The van der Waals surface area contributed by atoms with Gasteiger partial charge in [0.2, 0.25) is 0 Å². The quantitative estimate of drug-likeness (QED) is 0.567. The van der Waals surface area contributed by atoms with Crippen molar-refractivity contribution in [3.63, 3.8) is 0 Å². The molecule has 0 bridgehead atoms. The minimum absolute atomic E-state index is 0. The van der Waals surface area contributed by atoms with Crippen LogP contribution in [-0.2, 0) is 0 Å². The molecule has 106 valence electrons. The topological polar surface area (TPSA) is 50.4 Å². The van der Waals surface area contributed by atoms with Gasteiger partial charge in [-0.05, 0) is 44.3 Å². The number of nitrogens with one attached hydrogen (secondary N) is 2. The van der Waals surface area contributed by atoms with Crippen LogP contribution in [0.2, 0.25) is 0 Å². The van der Waals surface area contributed by atoms with Crippen LogP contribution in [0.3, 0.4) is 0 Å². The fraction of sp³-hybridized carbons (Fsp3) is 0.357. The Morgan fingerprint density at radius 2 is 2.00 bits per heavy atom. The second-order valence-electron chi connectivity index (χ2n) is 3.84. The third kappa shape index (κ3) is 6.84. The van der Waals surface area contributed by atoms with Crippen molar-refractivity contribution in [1.29, 1.82) is 0 Å². The van der Waals surface area contributed by atoms with E-state index < -0.39 is 0 Å². The molecular weight excluding hydrogens is 264 g/mol. The number of amides is 1. The SMILES string of the molecule is C=CCOc1ccc(C(=O)NCCCNC)cc1.Cl. The van der Waals surface area contributed by atoms with Crippen LogP contribution in [0, 0.1) is 0 Å². The van der Waals surface area contributed by atoms with Crippen molar-refractivity contribution in [2.75, 3.05) is 26.7 Å². The highest BCUT2D eigenvalue weighted by Crippen LogP contribution is 2.11. The van der Waals surface area contributed by atoms with E-state index >= 15 is 0 Å². The summed E-state index contributed by atoms with van der Waals surface area (Å²) in [6.45, 7) is 5.62. The molecule has 0 aliphatic heterocycles. The van der Waals surface area contributed by atoms with Gasteiger partial charge in [-0.25, -0.2) is 0 Å². The zero-order valence-corrected chi connectivity index (χ0v) is 12.0. The molecular formula is C14H21ClN2O2. The highest BCUT2D eigenvalue weighted by atomic mass is 35.5. The summed E-state index contributed by atoms with van der Waals surface area (Å²) in [7, 11) is 1.89. The van der Waals surface area contributed by atoms with E-state index in [9.17, 15) is 4.79 Å². The second-order valence-corrected chi connectivity index (χ2v) is 3.84. The maximum absolute atomic E-state index is 11.7. The Morgan fingerprint density at radius 1 is 1.32 bits per heavy atom. The van der Waals surface area contributed by atoms with Crippen LogP contribution in [0.25, 0.3) is 0 Å². The van der Waals surface area contributed by atoms with Gasteiger partial charge in [-0.1, -0.05) is 12.7 Å². The first-order valence-electron chi connectivity index (χ1n) is 6.04. The Hall–Kier alpha value is -1.52. The van der Waals surface area contributed by atoms with Gasteiger partial charge in [-0.15, -0.1) is 12.4 Å². The molecule has 2 N–H and O–H groups in total. The molecule has 19 heavy (non-hydrogen) atoms. The molecule has 0 saturated carbocycles. The van der Waals surface area contributed by atoms with Crippen LogP contribution in [0.5, 0.6) is 5.75 Å². The fourth-order valence-electron chi connectivity index (χ4n) is 1.43. The zero-order chi connectivity index (χ0) is 13.2. The summed E-state index contributed by atoms with van der Waals surface area (Å²) < 4.78 is 5.34. The molecule has 0 radical (unpaired) electrons. The molecule has 0 atom stereocenters. The van der Waals surface area contributed by atoms with Crippen LogP contribution in [0.1, 0.15) is 16.8 Å².